The zero-order valence-corrected chi connectivity index (χ0v) is 9.24. The fourth-order valence-electron chi connectivity index (χ4n) is 1.49. The molecule has 88 valence electrons. The number of carboxylic acids is 1. The Bertz CT molecular complexity index is 355. The summed E-state index contributed by atoms with van der Waals surface area (Å²) in [6, 6.07) is 6.48. The summed E-state index contributed by atoms with van der Waals surface area (Å²) in [5.41, 5.74) is 0.609. The quantitative estimate of drug-likeness (QED) is 0.730. The summed E-state index contributed by atoms with van der Waals surface area (Å²) in [5, 5.41) is 11.5. The number of aliphatic carboxylic acids is 1. The standard InChI is InChI=1S/C12H16FNO2/c1-9(14-8-4-7-12(15)16)10-5-2-3-6-11(10)13/h2-3,5-6,9,14H,4,7-8H2,1H3,(H,15,16). The molecule has 0 radical (unpaired) electrons. The average Bonchev–Trinajstić information content (AvgIpc) is 2.24. The molecule has 0 aliphatic heterocycles. The van der Waals surface area contributed by atoms with Gasteiger partial charge in [-0.1, -0.05) is 18.2 Å². The van der Waals surface area contributed by atoms with E-state index in [2.05, 4.69) is 5.32 Å². The Kier molecular flexibility index (Phi) is 4.92. The molecule has 0 spiro atoms. The highest BCUT2D eigenvalue weighted by atomic mass is 19.1. The van der Waals surface area contributed by atoms with Crippen LogP contribution in [0.4, 0.5) is 4.39 Å². The molecule has 0 fully saturated rings. The van der Waals surface area contributed by atoms with Gasteiger partial charge in [-0.15, -0.1) is 0 Å². The Morgan fingerprint density at radius 1 is 1.50 bits per heavy atom. The summed E-state index contributed by atoms with van der Waals surface area (Å²) < 4.78 is 13.3. The maximum atomic E-state index is 13.3. The normalized spacial score (nSPS) is 12.4. The number of carbonyl (C=O) groups is 1. The van der Waals surface area contributed by atoms with Gasteiger partial charge in [-0.2, -0.15) is 0 Å². The number of carboxylic acid groups (broad SMARTS) is 1. The van der Waals surface area contributed by atoms with Gasteiger partial charge >= 0.3 is 5.97 Å². The van der Waals surface area contributed by atoms with Crippen LogP contribution in [0.2, 0.25) is 0 Å². The maximum absolute atomic E-state index is 13.3. The molecule has 0 saturated carbocycles. The Morgan fingerprint density at radius 3 is 2.81 bits per heavy atom. The smallest absolute Gasteiger partial charge is 0.303 e. The lowest BCUT2D eigenvalue weighted by Gasteiger charge is -2.14. The number of hydrogen-bond acceptors (Lipinski definition) is 2. The van der Waals surface area contributed by atoms with Gasteiger partial charge in [0.25, 0.3) is 0 Å². The van der Waals surface area contributed by atoms with Gasteiger partial charge < -0.3 is 10.4 Å². The van der Waals surface area contributed by atoms with Crippen LogP contribution in [-0.2, 0) is 4.79 Å². The first-order chi connectivity index (χ1) is 7.61. The first-order valence-corrected chi connectivity index (χ1v) is 5.31. The van der Waals surface area contributed by atoms with Gasteiger partial charge in [-0.25, -0.2) is 4.39 Å². The molecule has 4 heteroatoms. The van der Waals surface area contributed by atoms with Crippen LogP contribution in [0.25, 0.3) is 0 Å². The molecule has 0 aliphatic carbocycles. The van der Waals surface area contributed by atoms with E-state index in [-0.39, 0.29) is 18.3 Å². The van der Waals surface area contributed by atoms with Crippen molar-refractivity contribution in [3.63, 3.8) is 0 Å². The molecule has 0 saturated heterocycles. The van der Waals surface area contributed by atoms with Crippen molar-refractivity contribution in [1.82, 2.24) is 5.32 Å². The lowest BCUT2D eigenvalue weighted by Crippen LogP contribution is -2.21. The molecule has 1 rings (SSSR count). The van der Waals surface area contributed by atoms with E-state index in [0.717, 1.165) is 0 Å². The molecule has 1 atom stereocenters. The highest BCUT2D eigenvalue weighted by Crippen LogP contribution is 2.15. The lowest BCUT2D eigenvalue weighted by molar-refractivity contribution is -0.137. The number of rotatable bonds is 6. The van der Waals surface area contributed by atoms with Crippen molar-refractivity contribution in [1.29, 1.82) is 0 Å². The fraction of sp³-hybridized carbons (Fsp3) is 0.417. The van der Waals surface area contributed by atoms with Crippen LogP contribution in [0.3, 0.4) is 0 Å². The second-order valence-corrected chi connectivity index (χ2v) is 3.69. The van der Waals surface area contributed by atoms with Gasteiger partial charge in [-0.05, 0) is 26.0 Å². The average molecular weight is 225 g/mol. The largest absolute Gasteiger partial charge is 0.481 e. The van der Waals surface area contributed by atoms with Crippen LogP contribution in [-0.4, -0.2) is 17.6 Å². The van der Waals surface area contributed by atoms with Gasteiger partial charge in [0, 0.05) is 18.0 Å². The SMILES string of the molecule is CC(NCCCC(=O)O)c1ccccc1F. The number of nitrogens with one attached hydrogen (secondary N) is 1. The molecule has 0 bridgehead atoms. The van der Waals surface area contributed by atoms with E-state index < -0.39 is 5.97 Å². The second-order valence-electron chi connectivity index (χ2n) is 3.69. The zero-order valence-electron chi connectivity index (χ0n) is 9.24. The van der Waals surface area contributed by atoms with Crippen molar-refractivity contribution >= 4 is 5.97 Å². The van der Waals surface area contributed by atoms with Gasteiger partial charge in [0.2, 0.25) is 0 Å². The van der Waals surface area contributed by atoms with Gasteiger partial charge in [0.15, 0.2) is 0 Å². The van der Waals surface area contributed by atoms with E-state index in [1.165, 1.54) is 6.07 Å². The van der Waals surface area contributed by atoms with E-state index in [0.29, 0.717) is 18.5 Å². The number of hydrogen-bond donors (Lipinski definition) is 2. The summed E-state index contributed by atoms with van der Waals surface area (Å²) in [6.07, 6.45) is 0.686. The molecule has 1 aromatic rings. The Balaban J connectivity index is 2.38. The van der Waals surface area contributed by atoms with E-state index in [1.807, 2.05) is 6.92 Å². The molecule has 0 heterocycles. The molecular formula is C12H16FNO2. The van der Waals surface area contributed by atoms with Crippen LogP contribution in [0.15, 0.2) is 24.3 Å². The molecule has 1 aromatic carbocycles. The van der Waals surface area contributed by atoms with Crippen molar-refractivity contribution in [2.45, 2.75) is 25.8 Å². The lowest BCUT2D eigenvalue weighted by atomic mass is 10.1. The van der Waals surface area contributed by atoms with Crippen molar-refractivity contribution in [2.75, 3.05) is 6.54 Å². The van der Waals surface area contributed by atoms with E-state index in [1.54, 1.807) is 18.2 Å². The fourth-order valence-corrected chi connectivity index (χ4v) is 1.49. The molecule has 0 aromatic heterocycles. The van der Waals surface area contributed by atoms with Crippen LogP contribution in [0, 0.1) is 5.82 Å². The zero-order chi connectivity index (χ0) is 12.0. The molecule has 0 amide bonds. The number of benzene rings is 1. The third-order valence-electron chi connectivity index (χ3n) is 2.39. The van der Waals surface area contributed by atoms with Crippen LogP contribution < -0.4 is 5.32 Å². The Hall–Kier alpha value is -1.42. The van der Waals surface area contributed by atoms with Crippen LogP contribution in [0.1, 0.15) is 31.4 Å². The van der Waals surface area contributed by atoms with Gasteiger partial charge in [0.1, 0.15) is 5.82 Å². The summed E-state index contributed by atoms with van der Waals surface area (Å²) in [6.45, 7) is 2.43. The third-order valence-corrected chi connectivity index (χ3v) is 2.39. The van der Waals surface area contributed by atoms with Gasteiger partial charge in [-0.3, -0.25) is 4.79 Å². The number of halogens is 1. The third kappa shape index (κ3) is 3.98. The first kappa shape index (κ1) is 12.6. The molecule has 3 nitrogen and oxygen atoms in total. The molecule has 16 heavy (non-hydrogen) atoms. The summed E-state index contributed by atoms with van der Waals surface area (Å²) >= 11 is 0. The summed E-state index contributed by atoms with van der Waals surface area (Å²) in [7, 11) is 0. The highest BCUT2D eigenvalue weighted by Gasteiger charge is 2.08. The molecule has 0 aliphatic rings. The monoisotopic (exact) mass is 225 g/mol. The van der Waals surface area contributed by atoms with Crippen molar-refractivity contribution in [3.05, 3.63) is 35.6 Å². The highest BCUT2D eigenvalue weighted by molar-refractivity contribution is 5.66. The summed E-state index contributed by atoms with van der Waals surface area (Å²) in [5.74, 6) is -1.04. The maximum Gasteiger partial charge on any atom is 0.303 e. The predicted octanol–water partition coefficient (Wildman–Crippen LogP) is 2.34. The predicted molar refractivity (Wildman–Crippen MR) is 59.7 cm³/mol. The minimum atomic E-state index is -0.805. The van der Waals surface area contributed by atoms with Crippen molar-refractivity contribution < 1.29 is 14.3 Å². The minimum absolute atomic E-state index is 0.102. The molecular weight excluding hydrogens is 209 g/mol. The second kappa shape index (κ2) is 6.23. The topological polar surface area (TPSA) is 49.3 Å². The van der Waals surface area contributed by atoms with Crippen LogP contribution in [0.5, 0.6) is 0 Å². The van der Waals surface area contributed by atoms with Crippen molar-refractivity contribution in [2.24, 2.45) is 0 Å². The van der Waals surface area contributed by atoms with E-state index >= 15 is 0 Å². The van der Waals surface area contributed by atoms with E-state index in [4.69, 9.17) is 5.11 Å². The first-order valence-electron chi connectivity index (χ1n) is 5.31. The minimum Gasteiger partial charge on any atom is -0.481 e. The summed E-state index contributed by atoms with van der Waals surface area (Å²) in [4.78, 5) is 10.3. The van der Waals surface area contributed by atoms with E-state index in [9.17, 15) is 9.18 Å². The Morgan fingerprint density at radius 2 is 2.19 bits per heavy atom. The van der Waals surface area contributed by atoms with Crippen molar-refractivity contribution in [3.8, 4) is 0 Å². The van der Waals surface area contributed by atoms with Crippen LogP contribution >= 0.6 is 0 Å². The molecule has 2 N–H and O–H groups in total. The molecule has 1 unspecified atom stereocenters. The Labute approximate surface area is 94.3 Å². The van der Waals surface area contributed by atoms with Gasteiger partial charge in [0.05, 0.1) is 0 Å².